The van der Waals surface area contributed by atoms with Crippen LogP contribution in [0, 0.1) is 10.9 Å². The van der Waals surface area contributed by atoms with E-state index in [0.717, 1.165) is 15.5 Å². The number of carbonyl (C=O) groups excluding carboxylic acids is 1. The number of aryl methyl sites for hydroxylation is 1. The molecule has 1 fully saturated rings. The molecule has 0 aromatic carbocycles. The molecule has 2 N–H and O–H groups in total. The molecule has 0 bridgehead atoms. The van der Waals surface area contributed by atoms with Crippen molar-refractivity contribution in [3.05, 3.63) is 14.5 Å². The summed E-state index contributed by atoms with van der Waals surface area (Å²) in [5.74, 6) is -0.408. The van der Waals surface area contributed by atoms with Crippen molar-refractivity contribution in [3.8, 4) is 0 Å². The predicted molar refractivity (Wildman–Crippen MR) is 74.7 cm³/mol. The maximum Gasteiger partial charge on any atom is 0.416 e. The highest BCUT2D eigenvalue weighted by molar-refractivity contribution is 7.73. The Morgan fingerprint density at radius 2 is 2.29 bits per heavy atom. The van der Waals surface area contributed by atoms with Crippen molar-refractivity contribution in [2.24, 2.45) is 0 Å². The van der Waals surface area contributed by atoms with Crippen LogP contribution in [0.1, 0.15) is 23.4 Å². The molecule has 0 saturated carbocycles. The fourth-order valence-corrected chi connectivity index (χ4v) is 3.78. The molecule has 9 heteroatoms. The first-order chi connectivity index (χ1) is 9.70. The fourth-order valence-electron chi connectivity index (χ4n) is 2.49. The molecule has 0 spiro atoms. The number of halogens is 3. The summed E-state index contributed by atoms with van der Waals surface area (Å²) in [7, 11) is 0. The first-order valence-electron chi connectivity index (χ1n) is 6.43. The van der Waals surface area contributed by atoms with Gasteiger partial charge in [0.1, 0.15) is 0 Å². The third kappa shape index (κ3) is 3.64. The van der Waals surface area contributed by atoms with Crippen molar-refractivity contribution in [3.63, 3.8) is 0 Å². The molecule has 0 aliphatic carbocycles. The number of H-pyrrole nitrogens is 1. The Labute approximate surface area is 128 Å². The minimum atomic E-state index is -4.71. The molecule has 21 heavy (non-hydrogen) atoms. The average molecular weight is 340 g/mol. The number of aromatic amines is 1. The Balaban J connectivity index is 2.11. The van der Waals surface area contributed by atoms with Gasteiger partial charge >= 0.3 is 6.18 Å². The van der Waals surface area contributed by atoms with E-state index in [0.29, 0.717) is 10.4 Å². The Morgan fingerprint density at radius 1 is 1.62 bits per heavy atom. The van der Waals surface area contributed by atoms with Crippen molar-refractivity contribution in [2.45, 2.75) is 44.5 Å². The lowest BCUT2D eigenvalue weighted by Crippen LogP contribution is -2.49. The summed E-state index contributed by atoms with van der Waals surface area (Å²) in [6.45, 7) is 2.01. The molecule has 4 nitrogen and oxygen atoms in total. The average Bonchev–Trinajstić information content (AvgIpc) is 2.94. The van der Waals surface area contributed by atoms with E-state index in [2.05, 4.69) is 4.98 Å². The van der Waals surface area contributed by atoms with E-state index in [1.807, 2.05) is 0 Å². The van der Waals surface area contributed by atoms with Gasteiger partial charge in [-0.05, 0) is 32.0 Å². The fraction of sp³-hybridized carbons (Fsp3) is 0.667. The number of aromatic nitrogens is 1. The van der Waals surface area contributed by atoms with Crippen LogP contribution in [0.15, 0.2) is 0 Å². The molecule has 2 heterocycles. The van der Waals surface area contributed by atoms with Crippen LogP contribution >= 0.6 is 23.6 Å². The molecule has 1 aliphatic rings. The number of amides is 1. The molecular weight excluding hydrogens is 325 g/mol. The zero-order valence-electron chi connectivity index (χ0n) is 11.2. The quantitative estimate of drug-likeness (QED) is 0.832. The van der Waals surface area contributed by atoms with Gasteiger partial charge in [0.15, 0.2) is 10.1 Å². The Hall–Kier alpha value is -0.930. The minimum Gasteiger partial charge on any atom is -0.382 e. The lowest BCUT2D eigenvalue weighted by atomic mass is 10.1. The van der Waals surface area contributed by atoms with E-state index in [1.165, 1.54) is 11.3 Å². The summed E-state index contributed by atoms with van der Waals surface area (Å²) in [5, 5.41) is 9.39. The Bertz CT molecular complexity index is 582. The third-order valence-corrected chi connectivity index (χ3v) is 4.89. The van der Waals surface area contributed by atoms with Crippen molar-refractivity contribution in [1.82, 2.24) is 9.88 Å². The van der Waals surface area contributed by atoms with Gasteiger partial charge in [-0.25, -0.2) is 0 Å². The lowest BCUT2D eigenvalue weighted by Gasteiger charge is -2.29. The monoisotopic (exact) mass is 340 g/mol. The predicted octanol–water partition coefficient (Wildman–Crippen LogP) is 2.57. The number of nitrogens with zero attached hydrogens (tertiary/aromatic N) is 1. The zero-order valence-corrected chi connectivity index (χ0v) is 12.9. The number of hydrogen-bond acceptors (Lipinski definition) is 4. The van der Waals surface area contributed by atoms with Crippen LogP contribution in [0.3, 0.4) is 0 Å². The molecule has 0 unspecified atom stereocenters. The van der Waals surface area contributed by atoms with Crippen molar-refractivity contribution in [2.75, 3.05) is 6.54 Å². The summed E-state index contributed by atoms with van der Waals surface area (Å²) in [5.41, 5.74) is 0.755. The SMILES string of the molecule is Cc1[nH]c(=S)sc1CC(=O)N1CCC[C@H]1[C@H](O)C(F)(F)F. The minimum absolute atomic E-state index is 0.00468. The van der Waals surface area contributed by atoms with E-state index in [9.17, 15) is 23.1 Å². The Morgan fingerprint density at radius 3 is 2.81 bits per heavy atom. The molecule has 1 saturated heterocycles. The molecule has 0 radical (unpaired) electrons. The van der Waals surface area contributed by atoms with Gasteiger partial charge < -0.3 is 15.0 Å². The van der Waals surface area contributed by atoms with Crippen LogP contribution < -0.4 is 0 Å². The summed E-state index contributed by atoms with van der Waals surface area (Å²) in [6, 6.07) is -1.19. The summed E-state index contributed by atoms with van der Waals surface area (Å²) < 4.78 is 38.4. The van der Waals surface area contributed by atoms with Gasteiger partial charge in [-0.2, -0.15) is 13.2 Å². The first kappa shape index (κ1) is 16.4. The number of alkyl halides is 3. The molecule has 118 valence electrons. The number of carbonyl (C=O) groups is 1. The smallest absolute Gasteiger partial charge is 0.382 e. The second-order valence-electron chi connectivity index (χ2n) is 5.02. The van der Waals surface area contributed by atoms with Crippen molar-refractivity contribution >= 4 is 29.5 Å². The number of aliphatic hydroxyl groups is 1. The third-order valence-electron chi connectivity index (χ3n) is 3.55. The summed E-state index contributed by atoms with van der Waals surface area (Å²) in [4.78, 5) is 17.0. The highest BCUT2D eigenvalue weighted by Gasteiger charge is 2.48. The Kier molecular flexibility index (Phi) is 4.74. The van der Waals surface area contributed by atoms with Gasteiger partial charge in [0, 0.05) is 17.1 Å². The molecule has 1 aromatic heterocycles. The highest BCUT2D eigenvalue weighted by atomic mass is 32.1. The first-order valence-corrected chi connectivity index (χ1v) is 7.65. The number of likely N-dealkylation sites (tertiary alicyclic amines) is 1. The molecule has 2 atom stereocenters. The number of rotatable bonds is 3. The molecule has 1 aromatic rings. The highest BCUT2D eigenvalue weighted by Crippen LogP contribution is 2.31. The van der Waals surface area contributed by atoms with E-state index in [1.54, 1.807) is 6.92 Å². The van der Waals surface area contributed by atoms with Gasteiger partial charge in [0.25, 0.3) is 0 Å². The van der Waals surface area contributed by atoms with Gasteiger partial charge in [-0.1, -0.05) is 0 Å². The van der Waals surface area contributed by atoms with Crippen LogP contribution in [0.25, 0.3) is 0 Å². The maximum absolute atomic E-state index is 12.6. The van der Waals surface area contributed by atoms with Crippen molar-refractivity contribution < 1.29 is 23.1 Å². The molecule has 2 rings (SSSR count). The van der Waals surface area contributed by atoms with Crippen molar-refractivity contribution in [1.29, 1.82) is 0 Å². The largest absolute Gasteiger partial charge is 0.416 e. The second-order valence-corrected chi connectivity index (χ2v) is 6.79. The van der Waals surface area contributed by atoms with Crippen LogP contribution in [0.5, 0.6) is 0 Å². The topological polar surface area (TPSA) is 56.3 Å². The second kappa shape index (κ2) is 6.05. The summed E-state index contributed by atoms with van der Waals surface area (Å²) in [6.07, 6.45) is -6.58. The number of nitrogens with one attached hydrogen (secondary N) is 1. The van der Waals surface area contributed by atoms with E-state index >= 15 is 0 Å². The van der Waals surface area contributed by atoms with Crippen LogP contribution in [0.4, 0.5) is 13.2 Å². The number of thiazole rings is 1. The van der Waals surface area contributed by atoms with E-state index in [4.69, 9.17) is 12.2 Å². The standard InChI is InChI=1S/C12H15F3N2O2S2/c1-6-8(21-11(20)16-6)5-9(18)17-4-2-3-7(17)10(19)12(13,14)15/h7,10,19H,2-5H2,1H3,(H,16,20)/t7-,10-/m0/s1. The van der Waals surface area contributed by atoms with Crippen LogP contribution in [-0.2, 0) is 11.2 Å². The van der Waals surface area contributed by atoms with Crippen LogP contribution in [0.2, 0.25) is 0 Å². The number of aliphatic hydroxyl groups excluding tert-OH is 1. The van der Waals surface area contributed by atoms with Gasteiger partial charge in [0.05, 0.1) is 12.5 Å². The normalized spacial score (nSPS) is 20.8. The lowest BCUT2D eigenvalue weighted by molar-refractivity contribution is -0.219. The maximum atomic E-state index is 12.6. The van der Waals surface area contributed by atoms with E-state index < -0.39 is 24.2 Å². The van der Waals surface area contributed by atoms with Gasteiger partial charge in [0.2, 0.25) is 5.91 Å². The van der Waals surface area contributed by atoms with E-state index in [-0.39, 0.29) is 19.4 Å². The molecule has 1 aliphatic heterocycles. The molecular formula is C12H15F3N2O2S2. The zero-order chi connectivity index (χ0) is 15.8. The molecule has 1 amide bonds. The summed E-state index contributed by atoms with van der Waals surface area (Å²) >= 11 is 6.21. The number of hydrogen-bond donors (Lipinski definition) is 2. The van der Waals surface area contributed by atoms with Gasteiger partial charge in [-0.3, -0.25) is 4.79 Å². The van der Waals surface area contributed by atoms with Gasteiger partial charge in [-0.15, -0.1) is 11.3 Å². The van der Waals surface area contributed by atoms with Crippen LogP contribution in [-0.4, -0.2) is 45.8 Å².